The monoisotopic (exact) mass is 383 g/mol. The minimum absolute atomic E-state index is 0.0794. The molecule has 0 radical (unpaired) electrons. The number of urea groups is 1. The van der Waals surface area contributed by atoms with Crippen LogP contribution in [0.15, 0.2) is 54.6 Å². The van der Waals surface area contributed by atoms with E-state index < -0.39 is 0 Å². The van der Waals surface area contributed by atoms with Gasteiger partial charge in [-0.3, -0.25) is 4.90 Å². The van der Waals surface area contributed by atoms with Crippen LogP contribution in [0.3, 0.4) is 0 Å². The first-order chi connectivity index (χ1) is 14.3. The summed E-state index contributed by atoms with van der Waals surface area (Å²) in [4.78, 5) is 25.7. The number of amides is 2. The van der Waals surface area contributed by atoms with E-state index in [1.807, 2.05) is 34.1 Å². The maximum atomic E-state index is 13.4. The zero-order valence-electron chi connectivity index (χ0n) is 15.7. The van der Waals surface area contributed by atoms with Crippen molar-refractivity contribution in [3.8, 4) is 0 Å². The van der Waals surface area contributed by atoms with E-state index in [1.54, 1.807) is 0 Å². The average Bonchev–Trinajstić information content (AvgIpc) is 3.32. The summed E-state index contributed by atoms with van der Waals surface area (Å²) >= 11 is 0. The normalized spacial score (nSPS) is 20.3. The fraction of sp³-hybridized carbons (Fsp3) is 0.227. The Kier molecular flexibility index (Phi) is 2.78. The van der Waals surface area contributed by atoms with E-state index >= 15 is 0 Å². The molecule has 0 aliphatic carbocycles. The van der Waals surface area contributed by atoms with Crippen molar-refractivity contribution in [1.82, 2.24) is 24.3 Å². The number of aromatic nitrogens is 4. The quantitative estimate of drug-likeness (QED) is 0.475. The van der Waals surface area contributed by atoms with Gasteiger partial charge in [-0.1, -0.05) is 24.3 Å². The summed E-state index contributed by atoms with van der Waals surface area (Å²) in [6, 6.07) is 16.5. The fourth-order valence-electron chi connectivity index (χ4n) is 5.11. The number of hydrogen-bond acceptors (Lipinski definition) is 2. The van der Waals surface area contributed by atoms with Gasteiger partial charge in [0.05, 0.1) is 23.3 Å². The number of hydrogen-bond donors (Lipinski definition) is 1. The van der Waals surface area contributed by atoms with E-state index in [9.17, 15) is 4.79 Å². The van der Waals surface area contributed by atoms with E-state index in [2.05, 4.69) is 44.5 Å². The van der Waals surface area contributed by atoms with E-state index in [4.69, 9.17) is 4.98 Å². The molecule has 4 aromatic rings. The first kappa shape index (κ1) is 15.3. The Hall–Kier alpha value is -3.61. The first-order valence-electron chi connectivity index (χ1n) is 10.1. The largest absolute Gasteiger partial charge is 0.325 e. The highest BCUT2D eigenvalue weighted by Gasteiger charge is 2.45. The molecular formula is C22H19N6O+. The third-order valence-electron chi connectivity index (χ3n) is 6.44. The summed E-state index contributed by atoms with van der Waals surface area (Å²) < 4.78 is 4.55. The first-order valence-corrected chi connectivity index (χ1v) is 10.1. The zero-order valence-corrected chi connectivity index (χ0v) is 15.7. The molecule has 2 aromatic carbocycles. The minimum Gasteiger partial charge on any atom is -0.321 e. The molecule has 142 valence electrons. The van der Waals surface area contributed by atoms with Gasteiger partial charge in [-0.25, -0.2) is 19.3 Å². The predicted molar refractivity (Wildman–Crippen MR) is 108 cm³/mol. The van der Waals surface area contributed by atoms with Crippen LogP contribution in [-0.4, -0.2) is 43.5 Å². The Morgan fingerprint density at radius 2 is 1.90 bits per heavy atom. The third kappa shape index (κ3) is 1.89. The van der Waals surface area contributed by atoms with Crippen LogP contribution < -0.4 is 4.57 Å². The van der Waals surface area contributed by atoms with Crippen LogP contribution in [0, 0.1) is 0 Å². The Morgan fingerprint density at radius 1 is 1.03 bits per heavy atom. The molecule has 0 bridgehead atoms. The van der Waals surface area contributed by atoms with Gasteiger partial charge in [-0.15, -0.1) is 0 Å². The maximum absolute atomic E-state index is 13.4. The van der Waals surface area contributed by atoms with Crippen molar-refractivity contribution < 1.29 is 9.36 Å². The summed E-state index contributed by atoms with van der Waals surface area (Å²) in [6.45, 7) is 2.95. The summed E-state index contributed by atoms with van der Waals surface area (Å²) in [5.41, 5.74) is 5.32. The van der Waals surface area contributed by atoms with Crippen LogP contribution >= 0.6 is 0 Å². The smallest absolute Gasteiger partial charge is 0.321 e. The van der Waals surface area contributed by atoms with Crippen LogP contribution in [0.5, 0.6) is 0 Å². The number of nitrogens with zero attached hydrogens (tertiary/aromatic N) is 5. The minimum atomic E-state index is -0.110. The molecule has 0 spiro atoms. The second kappa shape index (κ2) is 5.26. The van der Waals surface area contributed by atoms with Gasteiger partial charge in [-0.05, 0) is 30.3 Å². The molecule has 7 heteroatoms. The van der Waals surface area contributed by atoms with E-state index in [0.29, 0.717) is 13.1 Å². The highest BCUT2D eigenvalue weighted by atomic mass is 16.2. The van der Waals surface area contributed by atoms with Gasteiger partial charge >= 0.3 is 6.03 Å². The van der Waals surface area contributed by atoms with E-state index in [1.165, 1.54) is 5.52 Å². The Bertz CT molecular complexity index is 1360. The number of carbonyl (C=O) groups is 1. The van der Waals surface area contributed by atoms with E-state index in [-0.39, 0.29) is 12.1 Å². The lowest BCUT2D eigenvalue weighted by Crippen LogP contribution is -2.58. The molecule has 2 amide bonds. The summed E-state index contributed by atoms with van der Waals surface area (Å²) in [6.07, 6.45) is 2.21. The molecule has 0 fully saturated rings. The highest BCUT2D eigenvalue weighted by molar-refractivity contribution is 5.90. The van der Waals surface area contributed by atoms with Crippen LogP contribution in [-0.2, 0) is 13.1 Å². The number of nitrogens with one attached hydrogen (secondary N) is 1. The van der Waals surface area contributed by atoms with Gasteiger partial charge in [0.1, 0.15) is 6.54 Å². The number of imidazole rings is 2. The Morgan fingerprint density at radius 3 is 2.86 bits per heavy atom. The highest BCUT2D eigenvalue weighted by Crippen LogP contribution is 2.38. The second-order valence-electron chi connectivity index (χ2n) is 7.88. The number of para-hydroxylation sites is 4. The van der Waals surface area contributed by atoms with Crippen molar-refractivity contribution in [2.45, 2.75) is 19.1 Å². The maximum Gasteiger partial charge on any atom is 0.325 e. The van der Waals surface area contributed by atoms with Crippen molar-refractivity contribution in [3.05, 3.63) is 66.3 Å². The number of rotatable bonds is 0. The average molecular weight is 383 g/mol. The van der Waals surface area contributed by atoms with Crippen molar-refractivity contribution in [1.29, 1.82) is 0 Å². The van der Waals surface area contributed by atoms with Crippen molar-refractivity contribution >= 4 is 33.8 Å². The molecule has 29 heavy (non-hydrogen) atoms. The lowest BCUT2D eigenvalue weighted by Gasteiger charge is -2.42. The van der Waals surface area contributed by atoms with Crippen molar-refractivity contribution in [2.75, 3.05) is 13.1 Å². The van der Waals surface area contributed by atoms with Crippen LogP contribution in [0.1, 0.15) is 17.7 Å². The molecule has 0 saturated carbocycles. The third-order valence-corrected chi connectivity index (χ3v) is 6.44. The molecular weight excluding hydrogens is 364 g/mol. The lowest BCUT2D eigenvalue weighted by atomic mass is 10.1. The molecule has 3 aliphatic heterocycles. The zero-order chi connectivity index (χ0) is 19.1. The van der Waals surface area contributed by atoms with Gasteiger partial charge in [0.25, 0.3) is 5.82 Å². The molecule has 2 aromatic heterocycles. The van der Waals surface area contributed by atoms with Crippen LogP contribution in [0.4, 0.5) is 4.79 Å². The van der Waals surface area contributed by atoms with Crippen LogP contribution in [0.25, 0.3) is 27.8 Å². The molecule has 1 atom stereocenters. The Balaban J connectivity index is 1.46. The number of fused-ring (bicyclic) bond motifs is 10. The molecule has 1 N–H and O–H groups in total. The summed E-state index contributed by atoms with van der Waals surface area (Å²) in [5.74, 6) is 1.95. The van der Waals surface area contributed by atoms with E-state index in [0.717, 1.165) is 47.0 Å². The number of H-pyrrole nitrogens is 1. The standard InChI is InChI=1S/C22H18N6O/c29-22-27-11-9-25-16-7-3-1-5-14(16)23-20(25)18(27)13-19-21-24-15-6-2-4-8-17(15)26(21)10-12-28(19)22/h1-8,13,18H,9-12H2/p+1. The van der Waals surface area contributed by atoms with Crippen molar-refractivity contribution in [3.63, 3.8) is 0 Å². The van der Waals surface area contributed by atoms with Gasteiger partial charge in [0.2, 0.25) is 0 Å². The molecule has 0 saturated heterocycles. The lowest BCUT2D eigenvalue weighted by molar-refractivity contribution is -0.687. The molecule has 3 aliphatic rings. The number of aromatic amines is 1. The SMILES string of the molecule is O=C1N2CCn3c(nc4ccccc43)C2=CC2c3[nH]c4ccccc4[n+]3CCN12. The number of benzene rings is 2. The molecule has 7 nitrogen and oxygen atoms in total. The molecule has 1 unspecified atom stereocenters. The predicted octanol–water partition coefficient (Wildman–Crippen LogP) is 2.65. The molecule has 5 heterocycles. The summed E-state index contributed by atoms with van der Waals surface area (Å²) in [7, 11) is 0. The number of carbonyl (C=O) groups excluding carboxylic acids is 1. The van der Waals surface area contributed by atoms with Gasteiger partial charge < -0.3 is 9.47 Å². The topological polar surface area (TPSA) is 61.0 Å². The summed E-state index contributed by atoms with van der Waals surface area (Å²) in [5, 5.41) is 0. The van der Waals surface area contributed by atoms with Crippen LogP contribution in [0.2, 0.25) is 0 Å². The van der Waals surface area contributed by atoms with Crippen molar-refractivity contribution in [2.24, 2.45) is 0 Å². The second-order valence-corrected chi connectivity index (χ2v) is 7.88. The fourth-order valence-corrected chi connectivity index (χ4v) is 5.11. The van der Waals surface area contributed by atoms with Gasteiger partial charge in [-0.2, -0.15) is 0 Å². The van der Waals surface area contributed by atoms with Gasteiger partial charge in [0.15, 0.2) is 22.9 Å². The molecule has 7 rings (SSSR count). The van der Waals surface area contributed by atoms with Gasteiger partial charge in [0, 0.05) is 13.1 Å². The Labute approximate surface area is 166 Å².